The SMILES string of the molecule is CC1(C(=O)O)CC(c2c(C(C)(C)CC#N)n(-c3ccc(F)c(F)c3)c3cc4cn[nH]c4nc23)C1. The standard InChI is InChI=1S/C25H23F2N5O2/c1-24(2,6-7-28)21-19(14-10-25(3,11-14)23(33)34)20-18(8-13-12-29-31-22(13)30-20)32(21)15-4-5-16(26)17(27)9-15/h4-5,8-9,12,14H,6,10-11H2,1-3H3,(H,33,34)(H,29,30,31). The molecule has 2 N–H and O–H groups in total. The topological polar surface area (TPSA) is 108 Å². The summed E-state index contributed by atoms with van der Waals surface area (Å²) in [7, 11) is 0. The number of hydrogen-bond donors (Lipinski definition) is 2. The zero-order chi connectivity index (χ0) is 24.4. The second kappa shape index (κ2) is 7.35. The first-order valence-electron chi connectivity index (χ1n) is 11.0. The third kappa shape index (κ3) is 3.16. The van der Waals surface area contributed by atoms with E-state index in [0.717, 1.165) is 28.8 Å². The number of carboxylic acids is 1. The molecule has 3 aromatic heterocycles. The highest BCUT2D eigenvalue weighted by atomic mass is 19.2. The van der Waals surface area contributed by atoms with Crippen LogP contribution in [0.25, 0.3) is 27.8 Å². The van der Waals surface area contributed by atoms with Crippen LogP contribution in [0, 0.1) is 28.4 Å². The molecule has 0 spiro atoms. The number of hydrogen-bond acceptors (Lipinski definition) is 4. The van der Waals surface area contributed by atoms with Crippen LogP contribution in [-0.4, -0.2) is 30.8 Å². The van der Waals surface area contributed by atoms with Crippen molar-refractivity contribution in [1.82, 2.24) is 19.7 Å². The third-order valence-electron chi connectivity index (χ3n) is 7.02. The summed E-state index contributed by atoms with van der Waals surface area (Å²) in [5.74, 6) is -2.90. The Hall–Kier alpha value is -3.80. The van der Waals surface area contributed by atoms with Crippen molar-refractivity contribution in [2.24, 2.45) is 5.41 Å². The van der Waals surface area contributed by atoms with E-state index in [-0.39, 0.29) is 12.3 Å². The van der Waals surface area contributed by atoms with Crippen LogP contribution in [0.15, 0.2) is 30.5 Å². The molecule has 9 heteroatoms. The zero-order valence-corrected chi connectivity index (χ0v) is 19.0. The van der Waals surface area contributed by atoms with Crippen LogP contribution < -0.4 is 0 Å². The van der Waals surface area contributed by atoms with E-state index in [4.69, 9.17) is 4.98 Å². The van der Waals surface area contributed by atoms with Gasteiger partial charge in [-0.25, -0.2) is 13.8 Å². The molecule has 0 bridgehead atoms. The molecular formula is C25H23F2N5O2. The van der Waals surface area contributed by atoms with E-state index in [1.54, 1.807) is 13.1 Å². The monoisotopic (exact) mass is 463 g/mol. The Morgan fingerprint density at radius 3 is 2.71 bits per heavy atom. The number of halogens is 2. The van der Waals surface area contributed by atoms with Crippen molar-refractivity contribution in [3.05, 3.63) is 53.4 Å². The lowest BCUT2D eigenvalue weighted by Crippen LogP contribution is -2.41. The third-order valence-corrected chi connectivity index (χ3v) is 7.02. The molecule has 1 aliphatic carbocycles. The predicted octanol–water partition coefficient (Wildman–Crippen LogP) is 5.34. The number of carboxylic acid groups (broad SMARTS) is 1. The predicted molar refractivity (Wildman–Crippen MR) is 122 cm³/mol. The Morgan fingerprint density at radius 1 is 1.32 bits per heavy atom. The molecule has 0 aliphatic heterocycles. The number of benzene rings is 1. The summed E-state index contributed by atoms with van der Waals surface area (Å²) in [5.41, 5.74) is 2.34. The first kappa shape index (κ1) is 22.0. The maximum absolute atomic E-state index is 14.3. The molecule has 1 aromatic carbocycles. The van der Waals surface area contributed by atoms with Gasteiger partial charge < -0.3 is 9.67 Å². The van der Waals surface area contributed by atoms with E-state index in [1.165, 1.54) is 6.07 Å². The van der Waals surface area contributed by atoms with Crippen molar-refractivity contribution in [1.29, 1.82) is 5.26 Å². The summed E-state index contributed by atoms with van der Waals surface area (Å²) in [6, 6.07) is 7.82. The largest absolute Gasteiger partial charge is 0.481 e. The Balaban J connectivity index is 1.87. The minimum atomic E-state index is -0.982. The van der Waals surface area contributed by atoms with Crippen molar-refractivity contribution in [3.63, 3.8) is 0 Å². The Morgan fingerprint density at radius 2 is 2.06 bits per heavy atom. The molecule has 1 saturated carbocycles. The second-order valence-corrected chi connectivity index (χ2v) is 10.0. The quantitative estimate of drug-likeness (QED) is 0.415. The molecule has 174 valence electrons. The summed E-state index contributed by atoms with van der Waals surface area (Å²) < 4.78 is 30.0. The fraction of sp³-hybridized carbons (Fsp3) is 0.360. The number of carbonyl (C=O) groups is 1. The number of fused-ring (bicyclic) bond motifs is 2. The number of H-pyrrole nitrogens is 1. The van der Waals surface area contributed by atoms with E-state index in [9.17, 15) is 23.9 Å². The Bertz CT molecular complexity index is 1510. The van der Waals surface area contributed by atoms with Crippen molar-refractivity contribution < 1.29 is 18.7 Å². The number of aromatic nitrogens is 4. The van der Waals surface area contributed by atoms with E-state index >= 15 is 0 Å². The summed E-state index contributed by atoms with van der Waals surface area (Å²) in [5, 5.41) is 26.9. The van der Waals surface area contributed by atoms with Crippen LogP contribution >= 0.6 is 0 Å². The van der Waals surface area contributed by atoms with E-state index < -0.39 is 28.4 Å². The number of aromatic amines is 1. The summed E-state index contributed by atoms with van der Waals surface area (Å²) in [6.45, 7) is 5.57. The summed E-state index contributed by atoms with van der Waals surface area (Å²) in [6.07, 6.45) is 2.63. The van der Waals surface area contributed by atoms with Gasteiger partial charge in [0.2, 0.25) is 0 Å². The highest BCUT2D eigenvalue weighted by Gasteiger charge is 2.50. The average Bonchev–Trinajstić information content (AvgIpc) is 3.33. The molecule has 0 atom stereocenters. The molecule has 0 amide bonds. The average molecular weight is 463 g/mol. The number of aliphatic carboxylic acids is 1. The van der Waals surface area contributed by atoms with Gasteiger partial charge in [-0.05, 0) is 43.9 Å². The molecule has 5 rings (SSSR count). The summed E-state index contributed by atoms with van der Waals surface area (Å²) >= 11 is 0. The molecule has 0 radical (unpaired) electrons. The number of pyridine rings is 1. The first-order valence-corrected chi connectivity index (χ1v) is 11.0. The minimum absolute atomic E-state index is 0.115. The van der Waals surface area contributed by atoms with Gasteiger partial charge in [0, 0.05) is 40.2 Å². The van der Waals surface area contributed by atoms with Crippen molar-refractivity contribution >= 4 is 28.0 Å². The van der Waals surface area contributed by atoms with Gasteiger partial charge in [-0.2, -0.15) is 10.4 Å². The fourth-order valence-electron chi connectivity index (χ4n) is 5.22. The molecule has 4 aromatic rings. The molecule has 1 fully saturated rings. The normalized spacial score (nSPS) is 20.4. The van der Waals surface area contributed by atoms with E-state index in [0.29, 0.717) is 35.2 Å². The lowest BCUT2D eigenvalue weighted by atomic mass is 9.60. The first-order chi connectivity index (χ1) is 16.1. The van der Waals surface area contributed by atoms with Crippen molar-refractivity contribution in [3.8, 4) is 11.8 Å². The summed E-state index contributed by atoms with van der Waals surface area (Å²) in [4.78, 5) is 16.6. The van der Waals surface area contributed by atoms with E-state index in [2.05, 4.69) is 16.3 Å². The molecule has 0 saturated heterocycles. The highest BCUT2D eigenvalue weighted by Crippen LogP contribution is 2.55. The number of nitrogens with zero attached hydrogens (tertiary/aromatic N) is 4. The maximum Gasteiger partial charge on any atom is 0.309 e. The molecule has 1 aliphatic rings. The number of nitriles is 1. The highest BCUT2D eigenvalue weighted by molar-refractivity contribution is 5.94. The molecule has 3 heterocycles. The Kier molecular flexibility index (Phi) is 4.76. The van der Waals surface area contributed by atoms with Gasteiger partial charge in [-0.3, -0.25) is 9.89 Å². The number of rotatable bonds is 5. The maximum atomic E-state index is 14.3. The van der Waals surface area contributed by atoms with Crippen LogP contribution in [-0.2, 0) is 10.2 Å². The van der Waals surface area contributed by atoms with Gasteiger partial charge >= 0.3 is 5.97 Å². The van der Waals surface area contributed by atoms with E-state index in [1.807, 2.05) is 24.5 Å². The van der Waals surface area contributed by atoms with Gasteiger partial charge in [-0.15, -0.1) is 0 Å². The van der Waals surface area contributed by atoms with Crippen LogP contribution in [0.4, 0.5) is 8.78 Å². The molecule has 0 unspecified atom stereocenters. The second-order valence-electron chi connectivity index (χ2n) is 10.0. The van der Waals surface area contributed by atoms with Crippen LogP contribution in [0.1, 0.15) is 57.2 Å². The van der Waals surface area contributed by atoms with Gasteiger partial charge in [0.15, 0.2) is 17.3 Å². The van der Waals surface area contributed by atoms with Gasteiger partial charge in [0.1, 0.15) is 0 Å². The van der Waals surface area contributed by atoms with Crippen LogP contribution in [0.5, 0.6) is 0 Å². The zero-order valence-electron chi connectivity index (χ0n) is 19.0. The molecule has 7 nitrogen and oxygen atoms in total. The van der Waals surface area contributed by atoms with Gasteiger partial charge in [0.05, 0.1) is 28.7 Å². The van der Waals surface area contributed by atoms with Crippen LogP contribution in [0.3, 0.4) is 0 Å². The fourth-order valence-corrected chi connectivity index (χ4v) is 5.22. The Labute approximate surface area is 194 Å². The lowest BCUT2D eigenvalue weighted by molar-refractivity contribution is -0.154. The minimum Gasteiger partial charge on any atom is -0.481 e. The smallest absolute Gasteiger partial charge is 0.309 e. The number of nitrogens with one attached hydrogen (secondary N) is 1. The van der Waals surface area contributed by atoms with Gasteiger partial charge in [-0.1, -0.05) is 13.8 Å². The van der Waals surface area contributed by atoms with Crippen molar-refractivity contribution in [2.45, 2.75) is 51.4 Å². The molecule has 34 heavy (non-hydrogen) atoms. The lowest BCUT2D eigenvalue weighted by Gasteiger charge is -2.43. The van der Waals surface area contributed by atoms with Crippen molar-refractivity contribution in [2.75, 3.05) is 0 Å². The molecular weight excluding hydrogens is 440 g/mol. The van der Waals surface area contributed by atoms with Gasteiger partial charge in [0.25, 0.3) is 0 Å². The van der Waals surface area contributed by atoms with Crippen LogP contribution in [0.2, 0.25) is 0 Å².